The molecule has 3 aromatic rings. The van der Waals surface area contributed by atoms with Crippen LogP contribution in [0.15, 0.2) is 48.7 Å². The Hall–Kier alpha value is -3.03. The van der Waals surface area contributed by atoms with Crippen LogP contribution < -0.4 is 10.1 Å². The molecule has 0 aliphatic rings. The minimum absolute atomic E-state index is 0.0689. The zero-order chi connectivity index (χ0) is 16.2. The molecule has 2 aromatic heterocycles. The number of alkyl halides is 2. The minimum Gasteiger partial charge on any atom is -0.435 e. The summed E-state index contributed by atoms with van der Waals surface area (Å²) in [5, 5.41) is 10.6. The van der Waals surface area contributed by atoms with Crippen LogP contribution in [0.25, 0.3) is 5.65 Å². The fourth-order valence-corrected chi connectivity index (χ4v) is 2.09. The van der Waals surface area contributed by atoms with Gasteiger partial charge in [-0.2, -0.15) is 8.78 Å². The second kappa shape index (κ2) is 6.39. The maximum absolute atomic E-state index is 12.2. The topological polar surface area (TPSA) is 68.5 Å². The zero-order valence-electron chi connectivity index (χ0n) is 11.8. The molecule has 0 bridgehead atoms. The minimum atomic E-state index is -2.93. The first-order valence-electron chi connectivity index (χ1n) is 6.75. The molecule has 0 spiro atoms. The van der Waals surface area contributed by atoms with Gasteiger partial charge >= 0.3 is 6.61 Å². The smallest absolute Gasteiger partial charge is 0.387 e. The van der Waals surface area contributed by atoms with E-state index >= 15 is 0 Å². The Labute approximate surface area is 129 Å². The van der Waals surface area contributed by atoms with E-state index in [1.54, 1.807) is 16.7 Å². The fraction of sp³-hybridized carbons (Fsp3) is 0.133. The number of pyridine rings is 1. The van der Waals surface area contributed by atoms with Gasteiger partial charge in [-0.25, -0.2) is 0 Å². The average Bonchev–Trinajstić information content (AvgIpc) is 2.95. The summed E-state index contributed by atoms with van der Waals surface area (Å²) in [6, 6.07) is 11.0. The van der Waals surface area contributed by atoms with Gasteiger partial charge in [-0.1, -0.05) is 12.1 Å². The monoisotopic (exact) mass is 318 g/mol. The molecular weight excluding hydrogens is 306 g/mol. The third-order valence-electron chi connectivity index (χ3n) is 3.11. The first-order chi connectivity index (χ1) is 11.1. The number of hydrogen-bond acceptors (Lipinski definition) is 4. The van der Waals surface area contributed by atoms with Gasteiger partial charge in [0.2, 0.25) is 0 Å². The van der Waals surface area contributed by atoms with Crippen molar-refractivity contribution in [3.05, 3.63) is 60.0 Å². The summed E-state index contributed by atoms with van der Waals surface area (Å²) in [4.78, 5) is 12.1. The van der Waals surface area contributed by atoms with E-state index in [1.165, 1.54) is 24.3 Å². The number of hydrogen-bond donors (Lipinski definition) is 1. The standard InChI is InChI=1S/C15H12F2N4O2/c16-15(17)23-11-5-3-4-10(8-11)14(22)18-9-13-20-19-12-6-1-2-7-21(12)13/h1-8,15H,9H2,(H,18,22). The Morgan fingerprint density at radius 1 is 1.22 bits per heavy atom. The van der Waals surface area contributed by atoms with Gasteiger partial charge in [0.15, 0.2) is 11.5 Å². The zero-order valence-corrected chi connectivity index (χ0v) is 11.8. The molecule has 0 atom stereocenters. The van der Waals surface area contributed by atoms with E-state index in [0.717, 1.165) is 0 Å². The van der Waals surface area contributed by atoms with Crippen LogP contribution in [0.3, 0.4) is 0 Å². The predicted molar refractivity (Wildman–Crippen MR) is 77.2 cm³/mol. The highest BCUT2D eigenvalue weighted by molar-refractivity contribution is 5.94. The SMILES string of the molecule is O=C(NCc1nnc2ccccn12)c1cccc(OC(F)F)c1. The van der Waals surface area contributed by atoms with Crippen molar-refractivity contribution < 1.29 is 18.3 Å². The van der Waals surface area contributed by atoms with Crippen molar-refractivity contribution in [3.8, 4) is 5.75 Å². The molecule has 2 heterocycles. The van der Waals surface area contributed by atoms with E-state index in [4.69, 9.17) is 0 Å². The number of halogens is 2. The van der Waals surface area contributed by atoms with Crippen LogP contribution in [0, 0.1) is 0 Å². The molecular formula is C15H12F2N4O2. The molecule has 3 rings (SSSR count). The maximum Gasteiger partial charge on any atom is 0.387 e. The van der Waals surface area contributed by atoms with Crippen LogP contribution >= 0.6 is 0 Å². The Morgan fingerprint density at radius 2 is 2.09 bits per heavy atom. The van der Waals surface area contributed by atoms with Gasteiger partial charge in [-0.05, 0) is 30.3 Å². The molecule has 0 aliphatic carbocycles. The molecule has 0 unspecified atom stereocenters. The quantitative estimate of drug-likeness (QED) is 0.783. The summed E-state index contributed by atoms with van der Waals surface area (Å²) in [6.07, 6.45) is 1.79. The summed E-state index contributed by atoms with van der Waals surface area (Å²) < 4.78 is 30.4. The van der Waals surface area contributed by atoms with Crippen LogP contribution in [0.1, 0.15) is 16.2 Å². The second-order valence-corrected chi connectivity index (χ2v) is 4.63. The molecule has 0 saturated carbocycles. The largest absolute Gasteiger partial charge is 0.435 e. The number of ether oxygens (including phenoxy) is 1. The molecule has 118 valence electrons. The Morgan fingerprint density at radius 3 is 2.91 bits per heavy atom. The van der Waals surface area contributed by atoms with Gasteiger partial charge in [-0.15, -0.1) is 10.2 Å². The average molecular weight is 318 g/mol. The number of carbonyl (C=O) groups excluding carboxylic acids is 1. The summed E-state index contributed by atoms with van der Waals surface area (Å²) >= 11 is 0. The number of nitrogens with one attached hydrogen (secondary N) is 1. The van der Waals surface area contributed by atoms with E-state index in [1.807, 2.05) is 12.1 Å². The van der Waals surface area contributed by atoms with E-state index in [-0.39, 0.29) is 17.9 Å². The maximum atomic E-state index is 12.2. The van der Waals surface area contributed by atoms with Gasteiger partial charge in [0.05, 0.1) is 6.54 Å². The molecule has 1 N–H and O–H groups in total. The highest BCUT2D eigenvalue weighted by Crippen LogP contribution is 2.16. The van der Waals surface area contributed by atoms with Crippen LogP contribution in [0.5, 0.6) is 5.75 Å². The molecule has 0 fully saturated rings. The van der Waals surface area contributed by atoms with E-state index < -0.39 is 12.5 Å². The number of fused-ring (bicyclic) bond motifs is 1. The Bertz CT molecular complexity index is 835. The van der Waals surface area contributed by atoms with Crippen molar-refractivity contribution in [1.29, 1.82) is 0 Å². The molecule has 8 heteroatoms. The first kappa shape index (κ1) is 14.9. The predicted octanol–water partition coefficient (Wildman–Crippen LogP) is 2.26. The van der Waals surface area contributed by atoms with Gasteiger partial charge in [0, 0.05) is 11.8 Å². The van der Waals surface area contributed by atoms with Crippen LogP contribution in [0.4, 0.5) is 8.78 Å². The summed E-state index contributed by atoms with van der Waals surface area (Å²) in [5.74, 6) is 0.0758. The third kappa shape index (κ3) is 3.42. The van der Waals surface area contributed by atoms with Crippen LogP contribution in [-0.4, -0.2) is 27.1 Å². The summed E-state index contributed by atoms with van der Waals surface area (Å²) in [5.41, 5.74) is 0.890. The van der Waals surface area contributed by atoms with Crippen molar-refractivity contribution in [2.45, 2.75) is 13.2 Å². The number of carbonyl (C=O) groups is 1. The van der Waals surface area contributed by atoms with Crippen molar-refractivity contribution >= 4 is 11.6 Å². The molecule has 6 nitrogen and oxygen atoms in total. The first-order valence-corrected chi connectivity index (χ1v) is 6.75. The number of aromatic nitrogens is 3. The third-order valence-corrected chi connectivity index (χ3v) is 3.11. The van der Waals surface area contributed by atoms with Gasteiger partial charge in [0.25, 0.3) is 5.91 Å². The van der Waals surface area contributed by atoms with Crippen LogP contribution in [-0.2, 0) is 6.54 Å². The Balaban J connectivity index is 1.70. The molecule has 23 heavy (non-hydrogen) atoms. The molecule has 0 saturated heterocycles. The normalized spacial score (nSPS) is 10.9. The molecule has 0 radical (unpaired) electrons. The molecule has 1 aromatic carbocycles. The van der Waals surface area contributed by atoms with Gasteiger partial charge in [-0.3, -0.25) is 9.20 Å². The number of nitrogens with zero attached hydrogens (tertiary/aromatic N) is 3. The number of amides is 1. The van der Waals surface area contributed by atoms with Crippen molar-refractivity contribution in [2.24, 2.45) is 0 Å². The lowest BCUT2D eigenvalue weighted by Crippen LogP contribution is -2.24. The highest BCUT2D eigenvalue weighted by atomic mass is 19.3. The fourth-order valence-electron chi connectivity index (χ4n) is 2.09. The summed E-state index contributed by atoms with van der Waals surface area (Å²) in [7, 11) is 0. The number of rotatable bonds is 5. The van der Waals surface area contributed by atoms with Crippen molar-refractivity contribution in [3.63, 3.8) is 0 Å². The van der Waals surface area contributed by atoms with E-state index in [9.17, 15) is 13.6 Å². The van der Waals surface area contributed by atoms with Gasteiger partial charge in [0.1, 0.15) is 5.75 Å². The highest BCUT2D eigenvalue weighted by Gasteiger charge is 2.11. The second-order valence-electron chi connectivity index (χ2n) is 4.63. The van der Waals surface area contributed by atoms with Gasteiger partial charge < -0.3 is 10.1 Å². The number of benzene rings is 1. The van der Waals surface area contributed by atoms with E-state index in [0.29, 0.717) is 11.5 Å². The van der Waals surface area contributed by atoms with Crippen LogP contribution in [0.2, 0.25) is 0 Å². The van der Waals surface area contributed by atoms with E-state index in [2.05, 4.69) is 20.3 Å². The lowest BCUT2D eigenvalue weighted by atomic mass is 10.2. The van der Waals surface area contributed by atoms with Crippen molar-refractivity contribution in [2.75, 3.05) is 0 Å². The van der Waals surface area contributed by atoms with Crippen molar-refractivity contribution in [1.82, 2.24) is 19.9 Å². The lowest BCUT2D eigenvalue weighted by molar-refractivity contribution is -0.0498. The Kier molecular flexibility index (Phi) is 4.13. The lowest BCUT2D eigenvalue weighted by Gasteiger charge is -2.07. The summed E-state index contributed by atoms with van der Waals surface area (Å²) in [6.45, 7) is -2.78. The molecule has 1 amide bonds. The molecule has 0 aliphatic heterocycles.